The van der Waals surface area contributed by atoms with E-state index in [-0.39, 0.29) is 12.6 Å². The van der Waals surface area contributed by atoms with Crippen molar-refractivity contribution in [1.29, 1.82) is 0 Å². The molecule has 124 valence electrons. The topological polar surface area (TPSA) is 93.1 Å². The van der Waals surface area contributed by atoms with Crippen molar-refractivity contribution >= 4 is 12.0 Å². The highest BCUT2D eigenvalue weighted by molar-refractivity contribution is 5.79. The third-order valence-corrected chi connectivity index (χ3v) is 3.51. The molecule has 0 radical (unpaired) electrons. The first-order valence-corrected chi connectivity index (χ1v) is 7.49. The molecule has 0 bridgehead atoms. The van der Waals surface area contributed by atoms with Crippen LogP contribution < -0.4 is 5.32 Å². The van der Waals surface area contributed by atoms with Gasteiger partial charge in [0.15, 0.2) is 5.60 Å². The van der Waals surface area contributed by atoms with E-state index in [0.29, 0.717) is 13.1 Å². The lowest BCUT2D eigenvalue weighted by atomic mass is 10.1. The third kappa shape index (κ3) is 7.29. The van der Waals surface area contributed by atoms with Crippen LogP contribution in [0, 0.1) is 0 Å². The maximum absolute atomic E-state index is 12.0. The lowest BCUT2D eigenvalue weighted by Crippen LogP contribution is -2.50. The molecule has 1 atom stereocenters. The summed E-state index contributed by atoms with van der Waals surface area (Å²) in [4.78, 5) is 26.6. The molecule has 0 aromatic rings. The maximum atomic E-state index is 12.0. The Balaban J connectivity index is 4.22. The number of nitrogens with zero attached hydrogens (tertiary/aromatic N) is 2. The smallest absolute Gasteiger partial charge is 0.337 e. The molecule has 3 N–H and O–H groups in total. The van der Waals surface area contributed by atoms with E-state index < -0.39 is 11.6 Å². The zero-order valence-corrected chi connectivity index (χ0v) is 13.6. The number of hydrogen-bond acceptors (Lipinski definition) is 4. The zero-order valence-electron chi connectivity index (χ0n) is 13.6. The lowest BCUT2D eigenvalue weighted by Gasteiger charge is -2.25. The number of aliphatic carboxylic acids is 1. The summed E-state index contributed by atoms with van der Waals surface area (Å²) in [5, 5.41) is 20.8. The Morgan fingerprint density at radius 2 is 1.67 bits per heavy atom. The van der Waals surface area contributed by atoms with Gasteiger partial charge in [-0.15, -0.1) is 0 Å². The van der Waals surface area contributed by atoms with E-state index in [1.54, 1.807) is 4.90 Å². The fourth-order valence-corrected chi connectivity index (χ4v) is 1.86. The Morgan fingerprint density at radius 1 is 1.10 bits per heavy atom. The Bertz CT molecular complexity index is 330. The van der Waals surface area contributed by atoms with Crippen LogP contribution in [0.3, 0.4) is 0 Å². The summed E-state index contributed by atoms with van der Waals surface area (Å²) in [7, 11) is 0. The summed E-state index contributed by atoms with van der Waals surface area (Å²) >= 11 is 0. The first kappa shape index (κ1) is 19.7. The van der Waals surface area contributed by atoms with Crippen LogP contribution in [-0.2, 0) is 4.79 Å². The van der Waals surface area contributed by atoms with E-state index >= 15 is 0 Å². The molecule has 0 rings (SSSR count). The molecule has 21 heavy (non-hydrogen) atoms. The van der Waals surface area contributed by atoms with Gasteiger partial charge < -0.3 is 25.3 Å². The van der Waals surface area contributed by atoms with Crippen LogP contribution in [0.5, 0.6) is 0 Å². The van der Waals surface area contributed by atoms with Gasteiger partial charge in [-0.25, -0.2) is 9.59 Å². The molecule has 1 unspecified atom stereocenters. The molecule has 0 aliphatic carbocycles. The van der Waals surface area contributed by atoms with Crippen molar-refractivity contribution in [2.75, 3.05) is 39.3 Å². The molecule has 0 heterocycles. The third-order valence-electron chi connectivity index (χ3n) is 3.51. The van der Waals surface area contributed by atoms with E-state index in [9.17, 15) is 14.7 Å². The Labute approximate surface area is 126 Å². The molecule has 2 amide bonds. The second kappa shape index (κ2) is 9.57. The minimum absolute atomic E-state index is 0.312. The number of carbonyl (C=O) groups excluding carboxylic acids is 1. The molecule has 0 aromatic carbocycles. The van der Waals surface area contributed by atoms with Crippen LogP contribution in [0.15, 0.2) is 0 Å². The van der Waals surface area contributed by atoms with Gasteiger partial charge in [-0.3, -0.25) is 0 Å². The fourth-order valence-electron chi connectivity index (χ4n) is 1.86. The van der Waals surface area contributed by atoms with E-state index in [4.69, 9.17) is 5.11 Å². The van der Waals surface area contributed by atoms with Crippen LogP contribution in [0.4, 0.5) is 4.79 Å². The lowest BCUT2D eigenvalue weighted by molar-refractivity contribution is -0.155. The second-order valence-corrected chi connectivity index (χ2v) is 5.20. The van der Waals surface area contributed by atoms with Crippen LogP contribution >= 0.6 is 0 Å². The summed E-state index contributed by atoms with van der Waals surface area (Å²) in [6.07, 6.45) is 0.859. The normalized spacial score (nSPS) is 13.8. The number of urea groups is 1. The standard InChI is InChI=1S/C14H29N3O4/c1-5-16(6-2)9-8-10-17(7-3)13(20)15-11-14(4,21)12(18)19/h21H,5-11H2,1-4H3,(H,15,20)(H,18,19). The number of hydrogen-bond donors (Lipinski definition) is 3. The van der Waals surface area contributed by atoms with Crippen molar-refractivity contribution < 1.29 is 19.8 Å². The number of carboxylic acids is 1. The SMILES string of the molecule is CCN(CC)CCCN(CC)C(=O)NCC(C)(O)C(=O)O. The number of rotatable bonds is 10. The molecule has 7 heteroatoms. The Hall–Kier alpha value is -1.34. The predicted octanol–water partition coefficient (Wildman–Crippen LogP) is 0.585. The average molecular weight is 303 g/mol. The number of nitrogens with one attached hydrogen (secondary N) is 1. The number of aliphatic hydroxyl groups is 1. The molecule has 0 saturated carbocycles. The van der Waals surface area contributed by atoms with Gasteiger partial charge in [-0.05, 0) is 39.9 Å². The Morgan fingerprint density at radius 3 is 2.10 bits per heavy atom. The number of amides is 2. The molecule has 0 aliphatic rings. The highest BCUT2D eigenvalue weighted by Gasteiger charge is 2.30. The molecule has 0 aromatic heterocycles. The molecule has 0 fully saturated rings. The van der Waals surface area contributed by atoms with Gasteiger partial charge in [0.25, 0.3) is 0 Å². The zero-order chi connectivity index (χ0) is 16.5. The van der Waals surface area contributed by atoms with Gasteiger partial charge in [0.2, 0.25) is 0 Å². The molecule has 0 aliphatic heterocycles. The van der Waals surface area contributed by atoms with Crippen LogP contribution in [0.25, 0.3) is 0 Å². The second-order valence-electron chi connectivity index (χ2n) is 5.20. The van der Waals surface area contributed by atoms with Gasteiger partial charge >= 0.3 is 12.0 Å². The van der Waals surface area contributed by atoms with Crippen LogP contribution in [-0.4, -0.2) is 76.9 Å². The first-order valence-electron chi connectivity index (χ1n) is 7.49. The molecule has 7 nitrogen and oxygen atoms in total. The molecular formula is C14H29N3O4. The minimum Gasteiger partial charge on any atom is -0.479 e. The highest BCUT2D eigenvalue weighted by Crippen LogP contribution is 2.02. The summed E-state index contributed by atoms with van der Waals surface area (Å²) in [5.74, 6) is -1.35. The van der Waals surface area contributed by atoms with Crippen molar-refractivity contribution in [3.05, 3.63) is 0 Å². The van der Waals surface area contributed by atoms with Gasteiger partial charge in [0.05, 0.1) is 6.54 Å². The maximum Gasteiger partial charge on any atom is 0.337 e. The minimum atomic E-state index is -1.95. The fraction of sp³-hybridized carbons (Fsp3) is 0.857. The first-order chi connectivity index (χ1) is 9.78. The molecule has 0 spiro atoms. The van der Waals surface area contributed by atoms with Crippen LogP contribution in [0.1, 0.15) is 34.1 Å². The Kier molecular flexibility index (Phi) is 8.96. The number of carbonyl (C=O) groups is 2. The summed E-state index contributed by atoms with van der Waals surface area (Å²) in [6, 6.07) is -0.349. The van der Waals surface area contributed by atoms with Crippen molar-refractivity contribution in [2.24, 2.45) is 0 Å². The van der Waals surface area contributed by atoms with Crippen LogP contribution in [0.2, 0.25) is 0 Å². The van der Waals surface area contributed by atoms with E-state index in [0.717, 1.165) is 33.0 Å². The highest BCUT2D eigenvalue weighted by atomic mass is 16.4. The van der Waals surface area contributed by atoms with Crippen molar-refractivity contribution in [1.82, 2.24) is 15.1 Å². The van der Waals surface area contributed by atoms with Crippen molar-refractivity contribution in [3.8, 4) is 0 Å². The van der Waals surface area contributed by atoms with Gasteiger partial charge in [0.1, 0.15) is 0 Å². The van der Waals surface area contributed by atoms with E-state index in [1.807, 2.05) is 6.92 Å². The van der Waals surface area contributed by atoms with Gasteiger partial charge in [-0.2, -0.15) is 0 Å². The quantitative estimate of drug-likeness (QED) is 0.549. The summed E-state index contributed by atoms with van der Waals surface area (Å²) < 4.78 is 0. The number of carboxylic acid groups (broad SMARTS) is 1. The molecular weight excluding hydrogens is 274 g/mol. The van der Waals surface area contributed by atoms with Crippen molar-refractivity contribution in [3.63, 3.8) is 0 Å². The summed E-state index contributed by atoms with van der Waals surface area (Å²) in [5.41, 5.74) is -1.95. The van der Waals surface area contributed by atoms with Gasteiger partial charge in [0, 0.05) is 13.1 Å². The predicted molar refractivity (Wildman–Crippen MR) is 81.3 cm³/mol. The monoisotopic (exact) mass is 303 g/mol. The summed E-state index contributed by atoms with van der Waals surface area (Å²) in [6.45, 7) is 10.9. The van der Waals surface area contributed by atoms with Gasteiger partial charge in [-0.1, -0.05) is 13.8 Å². The van der Waals surface area contributed by atoms with E-state index in [2.05, 4.69) is 24.1 Å². The average Bonchev–Trinajstić information content (AvgIpc) is 2.45. The molecule has 0 saturated heterocycles. The largest absolute Gasteiger partial charge is 0.479 e. The van der Waals surface area contributed by atoms with E-state index in [1.165, 1.54) is 0 Å². The van der Waals surface area contributed by atoms with Crippen molar-refractivity contribution in [2.45, 2.75) is 39.7 Å².